The minimum absolute atomic E-state index is 0. The quantitative estimate of drug-likeness (QED) is 0.274. The summed E-state index contributed by atoms with van der Waals surface area (Å²) in [6.07, 6.45) is 3.05. The van der Waals surface area contributed by atoms with E-state index in [1.165, 1.54) is 48.8 Å². The summed E-state index contributed by atoms with van der Waals surface area (Å²) in [6, 6.07) is 30.2. The second-order valence-electron chi connectivity index (χ2n) is 14.1. The molecule has 6 rings (SSSR count). The molecular weight excluding hydrogens is 700 g/mol. The molecule has 4 aromatic carbocycles. The number of rotatable bonds is 4. The van der Waals surface area contributed by atoms with Gasteiger partial charge in [-0.05, 0) is 0 Å². The Bertz CT molecular complexity index is 1770. The van der Waals surface area contributed by atoms with E-state index < -0.39 is 33.0 Å². The second-order valence-corrected chi connectivity index (χ2v) is 20.4. The van der Waals surface area contributed by atoms with E-state index in [0.29, 0.717) is 5.56 Å². The van der Waals surface area contributed by atoms with Crippen molar-refractivity contribution in [1.82, 2.24) is 0 Å². The maximum Gasteiger partial charge on any atom is -1.00 e. The molecule has 46 heavy (non-hydrogen) atoms. The van der Waals surface area contributed by atoms with Crippen molar-refractivity contribution in [3.05, 3.63) is 151 Å². The molecule has 0 heterocycles. The van der Waals surface area contributed by atoms with Gasteiger partial charge in [0.1, 0.15) is 0 Å². The molecule has 6 heteroatoms. The Kier molecular flexibility index (Phi) is 10.7. The summed E-state index contributed by atoms with van der Waals surface area (Å²) >= 11 is -3.12. The monoisotopic (exact) mass is 736 g/mol. The summed E-state index contributed by atoms with van der Waals surface area (Å²) in [5.74, 6) is 0. The normalized spacial score (nSPS) is 14.5. The zero-order valence-electron chi connectivity index (χ0n) is 27.1. The minimum atomic E-state index is -4.41. The fourth-order valence-electron chi connectivity index (χ4n) is 6.58. The molecule has 0 saturated carbocycles. The number of benzene rings is 4. The minimum Gasteiger partial charge on any atom is -1.00 e. The average Bonchev–Trinajstić information content (AvgIpc) is 3.61. The third kappa shape index (κ3) is 7.01. The van der Waals surface area contributed by atoms with Gasteiger partial charge < -0.3 is 24.8 Å². The Morgan fingerprint density at radius 2 is 1.17 bits per heavy atom. The molecule has 4 aromatic rings. The van der Waals surface area contributed by atoms with Gasteiger partial charge in [-0.15, -0.1) is 0 Å². The van der Waals surface area contributed by atoms with Crippen LogP contribution in [0.2, 0.25) is 0 Å². The largest absolute Gasteiger partial charge is 1.00 e. The van der Waals surface area contributed by atoms with Crippen LogP contribution in [0.5, 0.6) is 0 Å². The van der Waals surface area contributed by atoms with Gasteiger partial charge in [-0.1, -0.05) is 0 Å². The zero-order valence-corrected chi connectivity index (χ0v) is 31.0. The average molecular weight is 739 g/mol. The number of hydrogen-bond acceptors (Lipinski definition) is 0. The molecule has 2 aliphatic carbocycles. The fraction of sp³-hybridized carbons (Fsp3) is 0.275. The van der Waals surface area contributed by atoms with Crippen LogP contribution in [0.3, 0.4) is 0 Å². The maximum absolute atomic E-state index is 14.1. The molecular formula is C40H39Cl2F3Zr. The Hall–Kier alpha value is -2.52. The molecule has 0 spiro atoms. The summed E-state index contributed by atoms with van der Waals surface area (Å²) in [5, 5.41) is 0. The van der Waals surface area contributed by atoms with Crippen LogP contribution in [-0.4, -0.2) is 3.21 Å². The van der Waals surface area contributed by atoms with Gasteiger partial charge in [0.05, 0.1) is 0 Å². The van der Waals surface area contributed by atoms with Crippen LogP contribution in [0, 0.1) is 0 Å². The van der Waals surface area contributed by atoms with Crippen molar-refractivity contribution in [2.75, 3.05) is 0 Å². The Balaban J connectivity index is 0.00000240. The van der Waals surface area contributed by atoms with Crippen LogP contribution in [-0.2, 0) is 38.3 Å². The van der Waals surface area contributed by atoms with E-state index in [-0.39, 0.29) is 39.3 Å². The smallest absolute Gasteiger partial charge is 1.00 e. The van der Waals surface area contributed by atoms with Crippen molar-refractivity contribution in [3.63, 3.8) is 0 Å². The molecule has 0 atom stereocenters. The van der Waals surface area contributed by atoms with E-state index in [2.05, 4.69) is 108 Å². The third-order valence-corrected chi connectivity index (χ3v) is 17.3. The van der Waals surface area contributed by atoms with Gasteiger partial charge in [0.25, 0.3) is 0 Å². The Morgan fingerprint density at radius 3 is 1.65 bits per heavy atom. The van der Waals surface area contributed by atoms with E-state index in [4.69, 9.17) is 0 Å². The van der Waals surface area contributed by atoms with Gasteiger partial charge in [-0.2, -0.15) is 0 Å². The molecule has 0 aromatic heterocycles. The number of alkyl halides is 3. The standard InChI is InChI=1S/C21H25.C14H9F3.C5H5.2ClH.Zr/c1-20(2,3)16-7-9-18-14(12-16)11-15-13-17(21(4,5)6)8-10-19(15)18;15-14(16,17)13-8-4-7-12(10-13)9-11-5-2-1-3-6-11;1-2-4-5-3-1;;;/h7-13H,1-6H3;1-8,10H;1-3H,4H2;2*1H;/q;;;;;+2/p-2. The van der Waals surface area contributed by atoms with Gasteiger partial charge in [-0.25, -0.2) is 0 Å². The molecule has 0 nitrogen and oxygen atoms in total. The first-order valence-corrected chi connectivity index (χ1v) is 19.2. The van der Waals surface area contributed by atoms with Gasteiger partial charge in [-0.3, -0.25) is 0 Å². The molecule has 0 N–H and O–H groups in total. The SMILES string of the molecule is CC(C)(C)c1ccc2c(c1)[CH](/[Zr+2]([C]1=CC=CC1)=[C](\c1ccccc1)c1cccc(C(F)(F)F)c1)c1cc(C(C)(C)C)ccc1-2.[Cl-].[Cl-]. The molecule has 0 radical (unpaired) electrons. The summed E-state index contributed by atoms with van der Waals surface area (Å²) in [5.41, 5.74) is 8.83. The van der Waals surface area contributed by atoms with Crippen LogP contribution in [0.4, 0.5) is 13.2 Å². The summed E-state index contributed by atoms with van der Waals surface area (Å²) in [6.45, 7) is 13.5. The summed E-state index contributed by atoms with van der Waals surface area (Å²) in [4.78, 5) is 0. The van der Waals surface area contributed by atoms with E-state index >= 15 is 0 Å². The predicted molar refractivity (Wildman–Crippen MR) is 174 cm³/mol. The van der Waals surface area contributed by atoms with Gasteiger partial charge >= 0.3 is 269 Å². The zero-order chi connectivity index (χ0) is 31.4. The second kappa shape index (κ2) is 13.5. The number of fused-ring (bicyclic) bond motifs is 3. The maximum atomic E-state index is 14.1. The molecule has 0 bridgehead atoms. The van der Waals surface area contributed by atoms with Crippen molar-refractivity contribution in [2.45, 2.75) is 68.6 Å². The number of allylic oxidation sites excluding steroid dienone is 4. The van der Waals surface area contributed by atoms with Crippen LogP contribution in [0.1, 0.15) is 90.5 Å². The van der Waals surface area contributed by atoms with Crippen molar-refractivity contribution < 1.29 is 59.3 Å². The van der Waals surface area contributed by atoms with Crippen molar-refractivity contribution in [1.29, 1.82) is 0 Å². The third-order valence-electron chi connectivity index (χ3n) is 8.96. The molecule has 0 unspecified atom stereocenters. The van der Waals surface area contributed by atoms with Crippen molar-refractivity contribution in [3.8, 4) is 11.1 Å². The fourth-order valence-corrected chi connectivity index (χ4v) is 15.5. The summed E-state index contributed by atoms with van der Waals surface area (Å²) in [7, 11) is 0. The molecule has 0 saturated heterocycles. The van der Waals surface area contributed by atoms with Gasteiger partial charge in [0.15, 0.2) is 0 Å². The molecule has 238 valence electrons. The van der Waals surface area contributed by atoms with Crippen molar-refractivity contribution >= 4 is 3.21 Å². The molecule has 0 amide bonds. The van der Waals surface area contributed by atoms with E-state index in [0.717, 1.165) is 15.2 Å². The summed E-state index contributed by atoms with van der Waals surface area (Å²) < 4.78 is 45.1. The first kappa shape index (κ1) is 36.3. The van der Waals surface area contributed by atoms with Crippen LogP contribution >= 0.6 is 0 Å². The number of hydrogen-bond donors (Lipinski definition) is 0. The number of halogens is 5. The molecule has 0 aliphatic heterocycles. The van der Waals surface area contributed by atoms with Gasteiger partial charge in [0.2, 0.25) is 0 Å². The Labute approximate surface area is 291 Å². The first-order chi connectivity index (χ1) is 20.7. The van der Waals surface area contributed by atoms with E-state index in [1.54, 1.807) is 6.07 Å². The van der Waals surface area contributed by atoms with Crippen LogP contribution < -0.4 is 24.8 Å². The van der Waals surface area contributed by atoms with Crippen LogP contribution in [0.15, 0.2) is 113 Å². The van der Waals surface area contributed by atoms with E-state index in [9.17, 15) is 13.2 Å². The van der Waals surface area contributed by atoms with E-state index in [1.807, 2.05) is 24.3 Å². The molecule has 2 aliphatic rings. The van der Waals surface area contributed by atoms with Crippen LogP contribution in [0.25, 0.3) is 11.1 Å². The van der Waals surface area contributed by atoms with Crippen molar-refractivity contribution in [2.24, 2.45) is 0 Å². The Morgan fingerprint density at radius 1 is 0.630 bits per heavy atom. The van der Waals surface area contributed by atoms with Gasteiger partial charge in [0, 0.05) is 0 Å². The predicted octanol–water partition coefficient (Wildman–Crippen LogP) is 5.11. The molecule has 0 fully saturated rings. The first-order valence-electron chi connectivity index (χ1n) is 15.4. The topological polar surface area (TPSA) is 0 Å².